The average molecular weight is 267 g/mol. The van der Waals surface area contributed by atoms with Crippen LogP contribution in [0, 0.1) is 0 Å². The van der Waals surface area contributed by atoms with Gasteiger partial charge in [-0.15, -0.1) is 11.3 Å². The molecule has 0 fully saturated rings. The van der Waals surface area contributed by atoms with Gasteiger partial charge in [-0.3, -0.25) is 0 Å². The number of phenolic OH excluding ortho intramolecular Hbond substituents is 1. The van der Waals surface area contributed by atoms with Crippen LogP contribution in [-0.2, 0) is 0 Å². The zero-order valence-corrected chi connectivity index (χ0v) is 10.2. The third-order valence-corrected chi connectivity index (χ3v) is 4.31. The molecule has 0 radical (unpaired) electrons. The van der Waals surface area contributed by atoms with Gasteiger partial charge in [-0.2, -0.15) is 0 Å². The van der Waals surface area contributed by atoms with Crippen LogP contribution in [0.1, 0.15) is 9.67 Å². The SMILES string of the molecule is Nc1cc(C(=O)O)sc1Sc1cccc(O)c1. The summed E-state index contributed by atoms with van der Waals surface area (Å²) in [5.41, 5.74) is 6.17. The Morgan fingerprint density at radius 3 is 2.71 bits per heavy atom. The van der Waals surface area contributed by atoms with Crippen LogP contribution in [0.3, 0.4) is 0 Å². The molecule has 0 aliphatic carbocycles. The van der Waals surface area contributed by atoms with Crippen molar-refractivity contribution in [2.24, 2.45) is 0 Å². The van der Waals surface area contributed by atoms with E-state index < -0.39 is 5.97 Å². The number of anilines is 1. The molecule has 88 valence electrons. The standard InChI is InChI=1S/C11H9NO3S2/c12-8-5-9(10(14)15)17-11(8)16-7-3-1-2-6(13)4-7/h1-5,13H,12H2,(H,14,15). The minimum Gasteiger partial charge on any atom is -0.508 e. The van der Waals surface area contributed by atoms with Crippen LogP contribution in [0.2, 0.25) is 0 Å². The topological polar surface area (TPSA) is 83.6 Å². The van der Waals surface area contributed by atoms with E-state index in [0.717, 1.165) is 16.2 Å². The van der Waals surface area contributed by atoms with Crippen molar-refractivity contribution in [2.75, 3.05) is 5.73 Å². The number of carboxylic acids is 1. The molecular formula is C11H9NO3S2. The van der Waals surface area contributed by atoms with Crippen molar-refractivity contribution in [2.45, 2.75) is 9.10 Å². The smallest absolute Gasteiger partial charge is 0.345 e. The molecule has 0 amide bonds. The fourth-order valence-corrected chi connectivity index (χ4v) is 3.32. The molecule has 0 aliphatic rings. The summed E-state index contributed by atoms with van der Waals surface area (Å²) in [6.45, 7) is 0. The third kappa shape index (κ3) is 2.72. The van der Waals surface area contributed by atoms with Crippen LogP contribution >= 0.6 is 23.1 Å². The maximum Gasteiger partial charge on any atom is 0.345 e. The van der Waals surface area contributed by atoms with Gasteiger partial charge in [-0.25, -0.2) is 4.79 Å². The highest BCUT2D eigenvalue weighted by atomic mass is 32.2. The van der Waals surface area contributed by atoms with Crippen molar-refractivity contribution in [1.82, 2.24) is 0 Å². The highest BCUT2D eigenvalue weighted by Crippen LogP contribution is 2.39. The zero-order chi connectivity index (χ0) is 12.4. The molecule has 1 aromatic heterocycles. The van der Waals surface area contributed by atoms with Crippen LogP contribution in [0.15, 0.2) is 39.4 Å². The molecule has 1 heterocycles. The maximum atomic E-state index is 10.8. The summed E-state index contributed by atoms with van der Waals surface area (Å²) in [5.74, 6) is -0.812. The molecule has 0 saturated heterocycles. The summed E-state index contributed by atoms with van der Waals surface area (Å²) >= 11 is 2.46. The van der Waals surface area contributed by atoms with Crippen molar-refractivity contribution in [3.05, 3.63) is 35.2 Å². The number of nitrogen functional groups attached to an aromatic ring is 1. The van der Waals surface area contributed by atoms with Gasteiger partial charge in [0.25, 0.3) is 0 Å². The molecule has 2 rings (SSSR count). The second-order valence-electron chi connectivity index (χ2n) is 3.26. The summed E-state index contributed by atoms with van der Waals surface area (Å²) in [5, 5.41) is 18.2. The minimum atomic E-state index is -0.982. The molecule has 0 atom stereocenters. The molecular weight excluding hydrogens is 258 g/mol. The number of carbonyl (C=O) groups is 1. The van der Waals surface area contributed by atoms with Gasteiger partial charge >= 0.3 is 5.97 Å². The normalized spacial score (nSPS) is 10.4. The monoisotopic (exact) mass is 267 g/mol. The van der Waals surface area contributed by atoms with Crippen molar-refractivity contribution < 1.29 is 15.0 Å². The number of aromatic hydroxyl groups is 1. The lowest BCUT2D eigenvalue weighted by Crippen LogP contribution is -1.90. The van der Waals surface area contributed by atoms with Crippen LogP contribution < -0.4 is 5.73 Å². The van der Waals surface area contributed by atoms with Gasteiger partial charge in [-0.1, -0.05) is 17.8 Å². The Labute approximate surface area is 106 Å². The summed E-state index contributed by atoms with van der Waals surface area (Å²) in [7, 11) is 0. The summed E-state index contributed by atoms with van der Waals surface area (Å²) < 4.78 is 0.716. The van der Waals surface area contributed by atoms with Crippen molar-refractivity contribution >= 4 is 34.8 Å². The fraction of sp³-hybridized carbons (Fsp3) is 0. The van der Waals surface area contributed by atoms with Crippen LogP contribution in [0.4, 0.5) is 5.69 Å². The van der Waals surface area contributed by atoms with Gasteiger partial charge in [0.1, 0.15) is 10.6 Å². The Morgan fingerprint density at radius 2 is 2.12 bits per heavy atom. The van der Waals surface area contributed by atoms with Crippen LogP contribution in [0.5, 0.6) is 5.75 Å². The van der Waals surface area contributed by atoms with Crippen molar-refractivity contribution in [1.29, 1.82) is 0 Å². The molecule has 6 heteroatoms. The lowest BCUT2D eigenvalue weighted by molar-refractivity contribution is 0.0702. The number of aromatic carboxylic acids is 1. The van der Waals surface area contributed by atoms with Crippen LogP contribution in [-0.4, -0.2) is 16.2 Å². The number of phenols is 1. The van der Waals surface area contributed by atoms with Crippen molar-refractivity contribution in [3.8, 4) is 5.75 Å². The summed E-state index contributed by atoms with van der Waals surface area (Å²) in [6.07, 6.45) is 0. The number of rotatable bonds is 3. The van der Waals surface area contributed by atoms with E-state index in [1.807, 2.05) is 6.07 Å². The molecule has 2 aromatic rings. The largest absolute Gasteiger partial charge is 0.508 e. The Kier molecular flexibility index (Phi) is 3.26. The molecule has 4 nitrogen and oxygen atoms in total. The lowest BCUT2D eigenvalue weighted by atomic mass is 10.3. The second kappa shape index (κ2) is 4.68. The molecule has 0 spiro atoms. The van der Waals surface area contributed by atoms with E-state index in [0.29, 0.717) is 9.90 Å². The first kappa shape index (κ1) is 11.8. The maximum absolute atomic E-state index is 10.8. The summed E-state index contributed by atoms with van der Waals surface area (Å²) in [4.78, 5) is 11.8. The minimum absolute atomic E-state index is 0.170. The van der Waals surface area contributed by atoms with Gasteiger partial charge < -0.3 is 15.9 Å². The molecule has 1 aromatic carbocycles. The van der Waals surface area contributed by atoms with Gasteiger partial charge in [0.15, 0.2) is 0 Å². The number of benzene rings is 1. The number of thiophene rings is 1. The first-order valence-electron chi connectivity index (χ1n) is 4.66. The second-order valence-corrected chi connectivity index (χ2v) is 5.65. The molecule has 0 saturated carbocycles. The number of nitrogens with two attached hydrogens (primary N) is 1. The Balaban J connectivity index is 2.27. The Morgan fingerprint density at radius 1 is 1.35 bits per heavy atom. The van der Waals surface area contributed by atoms with E-state index in [4.69, 9.17) is 10.8 Å². The van der Waals surface area contributed by atoms with E-state index in [9.17, 15) is 9.90 Å². The zero-order valence-electron chi connectivity index (χ0n) is 8.58. The molecule has 0 unspecified atom stereocenters. The predicted octanol–water partition coefficient (Wildman–Crippen LogP) is 2.89. The van der Waals surface area contributed by atoms with Gasteiger partial charge in [0.05, 0.1) is 9.90 Å². The van der Waals surface area contributed by atoms with Gasteiger partial charge in [0, 0.05) is 4.90 Å². The fourth-order valence-electron chi connectivity index (χ4n) is 1.23. The molecule has 17 heavy (non-hydrogen) atoms. The molecule has 4 N–H and O–H groups in total. The number of carboxylic acid groups (broad SMARTS) is 1. The van der Waals surface area contributed by atoms with E-state index in [2.05, 4.69) is 0 Å². The quantitative estimate of drug-likeness (QED) is 0.796. The summed E-state index contributed by atoms with van der Waals surface area (Å²) in [6, 6.07) is 8.16. The van der Waals surface area contributed by atoms with Crippen LogP contribution in [0.25, 0.3) is 0 Å². The highest BCUT2D eigenvalue weighted by molar-refractivity contribution is 8.01. The van der Waals surface area contributed by atoms with E-state index in [1.165, 1.54) is 17.8 Å². The van der Waals surface area contributed by atoms with Gasteiger partial charge in [0.2, 0.25) is 0 Å². The predicted molar refractivity (Wildman–Crippen MR) is 67.9 cm³/mol. The lowest BCUT2D eigenvalue weighted by Gasteiger charge is -2.00. The molecule has 0 aliphatic heterocycles. The first-order valence-corrected chi connectivity index (χ1v) is 6.29. The highest BCUT2D eigenvalue weighted by Gasteiger charge is 2.12. The van der Waals surface area contributed by atoms with E-state index in [1.54, 1.807) is 18.2 Å². The van der Waals surface area contributed by atoms with Gasteiger partial charge in [-0.05, 0) is 24.3 Å². The van der Waals surface area contributed by atoms with E-state index >= 15 is 0 Å². The first-order chi connectivity index (χ1) is 8.06. The number of hydrogen-bond donors (Lipinski definition) is 3. The average Bonchev–Trinajstić information content (AvgIpc) is 2.61. The number of hydrogen-bond acceptors (Lipinski definition) is 5. The Bertz CT molecular complexity index is 566. The van der Waals surface area contributed by atoms with Crippen molar-refractivity contribution in [3.63, 3.8) is 0 Å². The van der Waals surface area contributed by atoms with E-state index in [-0.39, 0.29) is 10.6 Å². The third-order valence-electron chi connectivity index (χ3n) is 1.96. The molecule has 0 bridgehead atoms. The Hall–Kier alpha value is -1.66.